The second-order valence-corrected chi connectivity index (χ2v) is 10.4. The van der Waals surface area contributed by atoms with Gasteiger partial charge in [-0.2, -0.15) is 0 Å². The normalized spacial score (nSPS) is 20.7. The summed E-state index contributed by atoms with van der Waals surface area (Å²) in [5.74, 6) is 2.46. The molecule has 3 aromatic carbocycles. The predicted molar refractivity (Wildman–Crippen MR) is 136 cm³/mol. The second kappa shape index (κ2) is 10.8. The number of hydrogen-bond donors (Lipinski definition) is 3. The molecule has 0 saturated carbocycles. The number of fused-ring (bicyclic) bond motifs is 1. The van der Waals surface area contributed by atoms with E-state index in [0.717, 1.165) is 60.0 Å². The molecule has 3 aromatic rings. The average Bonchev–Trinajstić information content (AvgIpc) is 2.89. The fourth-order valence-corrected chi connectivity index (χ4v) is 6.00. The lowest BCUT2D eigenvalue weighted by Crippen LogP contribution is -2.37. The Bertz CT molecular complexity index is 1110. The van der Waals surface area contributed by atoms with Crippen molar-refractivity contribution in [1.82, 2.24) is 4.90 Å². The molecule has 7 heteroatoms. The number of benzene rings is 3. The number of phenols is 2. The minimum atomic E-state index is -0.233. The Morgan fingerprint density at radius 3 is 2.29 bits per heavy atom. The Labute approximate surface area is 210 Å². The number of hydrogen-bond acceptors (Lipinski definition) is 7. The molecule has 0 radical (unpaired) electrons. The number of aliphatic hydroxyl groups is 1. The zero-order valence-corrected chi connectivity index (χ0v) is 20.4. The summed E-state index contributed by atoms with van der Waals surface area (Å²) >= 11 is 1.65. The minimum Gasteiger partial charge on any atom is -0.508 e. The largest absolute Gasteiger partial charge is 0.508 e. The van der Waals surface area contributed by atoms with Crippen LogP contribution in [0.4, 0.5) is 0 Å². The Hall–Kier alpha value is -2.87. The summed E-state index contributed by atoms with van der Waals surface area (Å²) in [7, 11) is 0. The highest BCUT2D eigenvalue weighted by Crippen LogP contribution is 2.54. The molecule has 0 bridgehead atoms. The maximum atomic E-state index is 9.94. The fourth-order valence-electron chi connectivity index (χ4n) is 4.67. The number of thioether (sulfide) groups is 1. The summed E-state index contributed by atoms with van der Waals surface area (Å²) in [6.45, 7) is 3.84. The predicted octanol–water partition coefficient (Wildman–Crippen LogP) is 5.15. The van der Waals surface area contributed by atoms with Crippen molar-refractivity contribution in [2.24, 2.45) is 5.92 Å². The molecule has 6 nitrogen and oxygen atoms in total. The SMILES string of the molecule is OCC1CCN(CCOc2ccc([C@@H]3Oc4ccc(O)cc4S[C@@H]3c3ccc(O)cc3)cc2)CC1. The topological polar surface area (TPSA) is 82.4 Å². The summed E-state index contributed by atoms with van der Waals surface area (Å²) in [5.41, 5.74) is 2.07. The molecule has 3 N–H and O–H groups in total. The highest BCUT2D eigenvalue weighted by atomic mass is 32.2. The zero-order chi connectivity index (χ0) is 24.2. The van der Waals surface area contributed by atoms with Crippen LogP contribution in [-0.4, -0.2) is 53.1 Å². The maximum Gasteiger partial charge on any atom is 0.140 e. The highest BCUT2D eigenvalue weighted by molar-refractivity contribution is 7.99. The molecular weight excluding hydrogens is 462 g/mol. The van der Waals surface area contributed by atoms with E-state index in [-0.39, 0.29) is 22.9 Å². The molecule has 1 fully saturated rings. The second-order valence-electron chi connectivity index (χ2n) is 9.18. The Balaban J connectivity index is 1.27. The van der Waals surface area contributed by atoms with Crippen LogP contribution in [0, 0.1) is 5.92 Å². The highest BCUT2D eigenvalue weighted by Gasteiger charge is 2.33. The van der Waals surface area contributed by atoms with Gasteiger partial charge in [0.2, 0.25) is 0 Å². The van der Waals surface area contributed by atoms with Crippen LogP contribution in [0.3, 0.4) is 0 Å². The summed E-state index contributed by atoms with van der Waals surface area (Å²) in [6.07, 6.45) is 1.87. The first-order valence-electron chi connectivity index (χ1n) is 12.1. The lowest BCUT2D eigenvalue weighted by atomic mass is 9.98. The van der Waals surface area contributed by atoms with Crippen molar-refractivity contribution in [3.05, 3.63) is 77.9 Å². The molecular formula is C28H31NO5S. The van der Waals surface area contributed by atoms with Crippen LogP contribution in [0.25, 0.3) is 0 Å². The number of ether oxygens (including phenoxy) is 2. The Morgan fingerprint density at radius 2 is 1.57 bits per heavy atom. The maximum absolute atomic E-state index is 9.94. The van der Waals surface area contributed by atoms with Crippen molar-refractivity contribution in [2.45, 2.75) is 29.1 Å². The van der Waals surface area contributed by atoms with Gasteiger partial charge in [0.25, 0.3) is 0 Å². The van der Waals surface area contributed by atoms with E-state index in [9.17, 15) is 15.3 Å². The van der Waals surface area contributed by atoms with Crippen molar-refractivity contribution in [1.29, 1.82) is 0 Å². The van der Waals surface area contributed by atoms with E-state index < -0.39 is 0 Å². The van der Waals surface area contributed by atoms with Gasteiger partial charge in [-0.05, 0) is 85.4 Å². The molecule has 2 atom stereocenters. The third-order valence-electron chi connectivity index (χ3n) is 6.78. The average molecular weight is 494 g/mol. The van der Waals surface area contributed by atoms with Gasteiger partial charge in [0, 0.05) is 13.2 Å². The third-order valence-corrected chi connectivity index (χ3v) is 8.13. The minimum absolute atomic E-state index is 0.0430. The number of rotatable bonds is 7. The van der Waals surface area contributed by atoms with Crippen molar-refractivity contribution in [3.63, 3.8) is 0 Å². The van der Waals surface area contributed by atoms with Gasteiger partial charge in [0.05, 0.1) is 10.1 Å². The van der Waals surface area contributed by atoms with E-state index in [1.54, 1.807) is 42.1 Å². The molecule has 2 heterocycles. The zero-order valence-electron chi connectivity index (χ0n) is 19.5. The molecule has 184 valence electrons. The Morgan fingerprint density at radius 1 is 0.886 bits per heavy atom. The molecule has 0 unspecified atom stereocenters. The summed E-state index contributed by atoms with van der Waals surface area (Å²) < 4.78 is 12.4. The van der Waals surface area contributed by atoms with Crippen LogP contribution < -0.4 is 9.47 Å². The molecule has 0 spiro atoms. The number of nitrogens with zero attached hydrogens (tertiary/aromatic N) is 1. The summed E-state index contributed by atoms with van der Waals surface area (Å²) in [6, 6.07) is 20.5. The standard InChI is InChI=1S/C28H31NO5S/c30-18-19-11-13-29(14-12-19)15-16-33-24-8-3-20(4-9-24)27-28(21-1-5-22(31)6-2-21)35-26-17-23(32)7-10-25(26)34-27/h1-10,17,19,27-28,30-32H,11-16,18H2/t27-,28+/m0/s1. The van der Waals surface area contributed by atoms with Crippen LogP contribution in [-0.2, 0) is 0 Å². The van der Waals surface area contributed by atoms with E-state index >= 15 is 0 Å². The van der Waals surface area contributed by atoms with E-state index in [1.165, 1.54) is 0 Å². The van der Waals surface area contributed by atoms with Crippen molar-refractivity contribution in [2.75, 3.05) is 32.8 Å². The number of aromatic hydroxyl groups is 2. The quantitative estimate of drug-likeness (QED) is 0.420. The Kier molecular flexibility index (Phi) is 7.37. The van der Waals surface area contributed by atoms with Gasteiger partial charge >= 0.3 is 0 Å². The van der Waals surface area contributed by atoms with Gasteiger partial charge in [-0.3, -0.25) is 4.90 Å². The summed E-state index contributed by atoms with van der Waals surface area (Å²) in [5, 5.41) is 28.9. The van der Waals surface area contributed by atoms with Crippen LogP contribution >= 0.6 is 11.8 Å². The lowest BCUT2D eigenvalue weighted by Gasteiger charge is -2.34. The number of aliphatic hydroxyl groups excluding tert-OH is 1. The first-order chi connectivity index (χ1) is 17.1. The van der Waals surface area contributed by atoms with Gasteiger partial charge in [-0.25, -0.2) is 0 Å². The van der Waals surface area contributed by atoms with Crippen molar-refractivity contribution in [3.8, 4) is 23.0 Å². The monoisotopic (exact) mass is 493 g/mol. The van der Waals surface area contributed by atoms with Gasteiger partial charge in [0.1, 0.15) is 35.7 Å². The van der Waals surface area contributed by atoms with E-state index in [4.69, 9.17) is 9.47 Å². The van der Waals surface area contributed by atoms with Crippen molar-refractivity contribution >= 4 is 11.8 Å². The van der Waals surface area contributed by atoms with Crippen LogP contribution in [0.5, 0.6) is 23.0 Å². The lowest BCUT2D eigenvalue weighted by molar-refractivity contribution is 0.118. The smallest absolute Gasteiger partial charge is 0.140 e. The number of likely N-dealkylation sites (tertiary alicyclic amines) is 1. The molecule has 2 aliphatic rings. The number of phenolic OH excluding ortho intramolecular Hbond substituents is 2. The van der Waals surface area contributed by atoms with Crippen LogP contribution in [0.2, 0.25) is 0 Å². The molecule has 35 heavy (non-hydrogen) atoms. The van der Waals surface area contributed by atoms with Gasteiger partial charge in [-0.15, -0.1) is 11.8 Å². The molecule has 0 amide bonds. The van der Waals surface area contributed by atoms with Crippen LogP contribution in [0.15, 0.2) is 71.6 Å². The van der Waals surface area contributed by atoms with Crippen molar-refractivity contribution < 1.29 is 24.8 Å². The molecule has 0 aromatic heterocycles. The fraction of sp³-hybridized carbons (Fsp3) is 0.357. The van der Waals surface area contributed by atoms with E-state index in [0.29, 0.717) is 19.1 Å². The molecule has 2 aliphatic heterocycles. The van der Waals surface area contributed by atoms with E-state index in [1.807, 2.05) is 36.4 Å². The first kappa shape index (κ1) is 23.9. The third kappa shape index (κ3) is 5.69. The van der Waals surface area contributed by atoms with Gasteiger partial charge in [-0.1, -0.05) is 24.3 Å². The van der Waals surface area contributed by atoms with Gasteiger partial charge < -0.3 is 24.8 Å². The van der Waals surface area contributed by atoms with E-state index in [2.05, 4.69) is 4.90 Å². The van der Waals surface area contributed by atoms with Crippen LogP contribution in [0.1, 0.15) is 35.3 Å². The molecule has 1 saturated heterocycles. The first-order valence-corrected chi connectivity index (χ1v) is 13.0. The number of piperidine rings is 1. The molecule has 5 rings (SSSR count). The summed E-state index contributed by atoms with van der Waals surface area (Å²) in [4.78, 5) is 3.28. The molecule has 0 aliphatic carbocycles. The van der Waals surface area contributed by atoms with Gasteiger partial charge in [0.15, 0.2) is 0 Å².